The number of H-pyrrole nitrogens is 2. The predicted octanol–water partition coefficient (Wildman–Crippen LogP) is 5.18. The van der Waals surface area contributed by atoms with Crippen LogP contribution >= 0.6 is 22.9 Å². The maximum absolute atomic E-state index is 12.3. The molecule has 0 aliphatic rings. The van der Waals surface area contributed by atoms with Gasteiger partial charge in [0.05, 0.1) is 16.9 Å². The normalized spacial score (nSPS) is 12.2. The van der Waals surface area contributed by atoms with Gasteiger partial charge in [0.1, 0.15) is 6.29 Å². The molecule has 0 bridgehead atoms. The summed E-state index contributed by atoms with van der Waals surface area (Å²) in [5.41, 5.74) is 4.19. The zero-order valence-electron chi connectivity index (χ0n) is 17.0. The molecule has 0 aliphatic heterocycles. The molecule has 158 valence electrons. The van der Waals surface area contributed by atoms with Gasteiger partial charge < -0.3 is 20.1 Å². The molecule has 0 amide bonds. The van der Waals surface area contributed by atoms with E-state index in [4.69, 9.17) is 11.6 Å². The highest BCUT2D eigenvalue weighted by molar-refractivity contribution is 7.15. The van der Waals surface area contributed by atoms with Crippen LogP contribution in [0.25, 0.3) is 21.3 Å². The number of aldehydes is 1. The first kappa shape index (κ1) is 21.3. The lowest BCUT2D eigenvalue weighted by molar-refractivity contribution is -0.109. The first-order valence-corrected chi connectivity index (χ1v) is 11.0. The Kier molecular flexibility index (Phi) is 6.23. The van der Waals surface area contributed by atoms with E-state index < -0.39 is 6.04 Å². The minimum absolute atomic E-state index is 0.211. The van der Waals surface area contributed by atoms with Crippen LogP contribution in [0.5, 0.6) is 0 Å². The summed E-state index contributed by atoms with van der Waals surface area (Å²) >= 11 is 7.68. The van der Waals surface area contributed by atoms with Crippen molar-refractivity contribution < 1.29 is 4.79 Å². The number of thiophene rings is 1. The summed E-state index contributed by atoms with van der Waals surface area (Å²) in [6.45, 7) is 6.53. The highest BCUT2D eigenvalue weighted by atomic mass is 35.5. The first-order chi connectivity index (χ1) is 15.0. The predicted molar refractivity (Wildman–Crippen MR) is 128 cm³/mol. The number of aromatic nitrogens is 2. The lowest BCUT2D eigenvalue weighted by atomic mass is 10.1. The van der Waals surface area contributed by atoms with Crippen molar-refractivity contribution in [3.05, 3.63) is 92.3 Å². The number of fused-ring (bicyclic) bond motifs is 1. The van der Waals surface area contributed by atoms with E-state index in [9.17, 15) is 9.59 Å². The van der Waals surface area contributed by atoms with Crippen LogP contribution in [0.4, 0.5) is 0 Å². The van der Waals surface area contributed by atoms with Crippen LogP contribution in [-0.2, 0) is 11.2 Å². The molecule has 7 heteroatoms. The van der Waals surface area contributed by atoms with Crippen molar-refractivity contribution in [1.82, 2.24) is 15.3 Å². The molecule has 5 nitrogen and oxygen atoms in total. The van der Waals surface area contributed by atoms with Gasteiger partial charge in [0, 0.05) is 45.7 Å². The third kappa shape index (κ3) is 4.56. The Morgan fingerprint density at radius 1 is 1.19 bits per heavy atom. The highest BCUT2D eigenvalue weighted by Gasteiger charge is 2.18. The van der Waals surface area contributed by atoms with Gasteiger partial charge in [-0.15, -0.1) is 11.3 Å². The monoisotopic (exact) mass is 451 g/mol. The van der Waals surface area contributed by atoms with E-state index in [0.29, 0.717) is 23.9 Å². The van der Waals surface area contributed by atoms with E-state index in [1.54, 1.807) is 23.7 Å². The molecule has 4 aromatic rings. The molecule has 1 atom stereocenters. The van der Waals surface area contributed by atoms with Crippen LogP contribution < -0.4 is 10.9 Å². The van der Waals surface area contributed by atoms with Gasteiger partial charge >= 0.3 is 0 Å². The number of pyridine rings is 1. The number of carbonyl (C=O) groups excluding carboxylic acids is 1. The molecule has 3 aromatic heterocycles. The van der Waals surface area contributed by atoms with Gasteiger partial charge in [0.25, 0.3) is 5.56 Å². The van der Waals surface area contributed by atoms with Crippen LogP contribution in [0.1, 0.15) is 22.0 Å². The van der Waals surface area contributed by atoms with Gasteiger partial charge in [0.15, 0.2) is 0 Å². The molecule has 0 saturated heterocycles. The SMILES string of the molecule is C=C(CNC(C=O)c1c[nH]c2c(C)c[nH]c(=O)c12)Cc1ccc(-c2ccc(Cl)cc2)s1. The summed E-state index contributed by atoms with van der Waals surface area (Å²) in [5.74, 6) is 0. The van der Waals surface area contributed by atoms with Crippen molar-refractivity contribution in [2.24, 2.45) is 0 Å². The van der Waals surface area contributed by atoms with Gasteiger partial charge in [-0.2, -0.15) is 0 Å². The average molecular weight is 452 g/mol. The van der Waals surface area contributed by atoms with Gasteiger partial charge in [-0.25, -0.2) is 0 Å². The topological polar surface area (TPSA) is 77.8 Å². The maximum Gasteiger partial charge on any atom is 0.257 e. The van der Waals surface area contributed by atoms with E-state index >= 15 is 0 Å². The molecule has 1 aromatic carbocycles. The highest BCUT2D eigenvalue weighted by Crippen LogP contribution is 2.30. The summed E-state index contributed by atoms with van der Waals surface area (Å²) in [4.78, 5) is 32.3. The second-order valence-electron chi connectivity index (χ2n) is 7.49. The summed E-state index contributed by atoms with van der Waals surface area (Å²) in [7, 11) is 0. The Morgan fingerprint density at radius 2 is 1.97 bits per heavy atom. The Hall–Kier alpha value is -2.93. The Morgan fingerprint density at radius 3 is 2.71 bits per heavy atom. The van der Waals surface area contributed by atoms with Crippen molar-refractivity contribution >= 4 is 40.1 Å². The molecular weight excluding hydrogens is 430 g/mol. The van der Waals surface area contributed by atoms with Crippen molar-refractivity contribution in [1.29, 1.82) is 0 Å². The van der Waals surface area contributed by atoms with E-state index in [1.165, 1.54) is 9.75 Å². The number of nitrogens with one attached hydrogen (secondary N) is 3. The first-order valence-electron chi connectivity index (χ1n) is 9.85. The quantitative estimate of drug-likeness (QED) is 0.255. The molecule has 3 N–H and O–H groups in total. The smallest absolute Gasteiger partial charge is 0.257 e. The Labute approximate surface area is 188 Å². The standard InChI is InChI=1S/C24H22ClN3O2S/c1-14(9-18-7-8-21(31-18)16-3-5-17(25)6-4-16)10-26-20(13-29)19-12-27-23-15(2)11-28-24(30)22(19)23/h3-8,11-13,20,26-27H,1,9-10H2,2H3,(H,28,30). The van der Waals surface area contributed by atoms with E-state index in [-0.39, 0.29) is 5.56 Å². The molecule has 0 aliphatic carbocycles. The molecule has 0 spiro atoms. The number of hydrogen-bond acceptors (Lipinski definition) is 4. The van der Waals surface area contributed by atoms with E-state index in [2.05, 4.69) is 34.0 Å². The number of halogens is 1. The molecule has 0 fully saturated rings. The maximum atomic E-state index is 12.3. The van der Waals surface area contributed by atoms with Crippen LogP contribution in [0, 0.1) is 6.92 Å². The minimum atomic E-state index is -0.596. The lowest BCUT2D eigenvalue weighted by Gasteiger charge is -2.13. The zero-order chi connectivity index (χ0) is 22.0. The van der Waals surface area contributed by atoms with Crippen molar-refractivity contribution in [2.45, 2.75) is 19.4 Å². The third-order valence-electron chi connectivity index (χ3n) is 5.21. The Bertz CT molecular complexity index is 1300. The third-order valence-corrected chi connectivity index (χ3v) is 6.60. The molecule has 1 unspecified atom stereocenters. The second kappa shape index (κ2) is 9.06. The molecule has 31 heavy (non-hydrogen) atoms. The fraction of sp³-hybridized carbons (Fsp3) is 0.167. The van der Waals surface area contributed by atoms with Crippen LogP contribution in [0.15, 0.2) is 65.7 Å². The van der Waals surface area contributed by atoms with Gasteiger partial charge in [-0.05, 0) is 42.3 Å². The molecule has 4 rings (SSSR count). The fourth-order valence-corrected chi connectivity index (χ4v) is 4.81. The van der Waals surface area contributed by atoms with E-state index in [0.717, 1.165) is 33.5 Å². The summed E-state index contributed by atoms with van der Waals surface area (Å²) in [6, 6.07) is 11.4. The van der Waals surface area contributed by atoms with Crippen LogP contribution in [-0.4, -0.2) is 22.8 Å². The Balaban J connectivity index is 1.43. The van der Waals surface area contributed by atoms with Gasteiger partial charge in [-0.3, -0.25) is 4.79 Å². The number of carbonyl (C=O) groups is 1. The van der Waals surface area contributed by atoms with Crippen LogP contribution in [0.2, 0.25) is 5.02 Å². The summed E-state index contributed by atoms with van der Waals surface area (Å²) in [5, 5.41) is 4.46. The molecule has 0 saturated carbocycles. The van der Waals surface area contributed by atoms with Crippen molar-refractivity contribution in [3.8, 4) is 10.4 Å². The number of aromatic amines is 2. The number of hydrogen-bond donors (Lipinski definition) is 3. The minimum Gasteiger partial charge on any atom is -0.360 e. The van der Waals surface area contributed by atoms with E-state index in [1.807, 2.05) is 31.2 Å². The van der Waals surface area contributed by atoms with Crippen molar-refractivity contribution in [3.63, 3.8) is 0 Å². The number of benzene rings is 1. The van der Waals surface area contributed by atoms with Crippen LogP contribution in [0.3, 0.4) is 0 Å². The lowest BCUT2D eigenvalue weighted by Crippen LogP contribution is -2.25. The average Bonchev–Trinajstić information content (AvgIpc) is 3.40. The molecule has 3 heterocycles. The number of rotatable bonds is 8. The fourth-order valence-electron chi connectivity index (χ4n) is 3.59. The summed E-state index contributed by atoms with van der Waals surface area (Å²) < 4.78 is 0. The largest absolute Gasteiger partial charge is 0.360 e. The number of aryl methyl sites for hydroxylation is 1. The van der Waals surface area contributed by atoms with Crippen molar-refractivity contribution in [2.75, 3.05) is 6.54 Å². The molecule has 0 radical (unpaired) electrons. The summed E-state index contributed by atoms with van der Waals surface area (Å²) in [6.07, 6.45) is 4.92. The zero-order valence-corrected chi connectivity index (χ0v) is 18.6. The second-order valence-corrected chi connectivity index (χ2v) is 9.09. The van der Waals surface area contributed by atoms with Gasteiger partial charge in [-0.1, -0.05) is 35.9 Å². The van der Waals surface area contributed by atoms with Gasteiger partial charge in [0.2, 0.25) is 0 Å². The molecular formula is C24H22ClN3O2S.